The predicted molar refractivity (Wildman–Crippen MR) is 72.3 cm³/mol. The molecule has 1 aliphatic heterocycles. The van der Waals surface area contributed by atoms with Crippen molar-refractivity contribution >= 4 is 27.8 Å². The van der Waals surface area contributed by atoms with Gasteiger partial charge in [-0.3, -0.25) is 0 Å². The zero-order chi connectivity index (χ0) is 12.7. The highest BCUT2D eigenvalue weighted by Crippen LogP contribution is 2.32. The molecule has 1 fully saturated rings. The Bertz CT molecular complexity index is 732. The molecule has 1 aromatic carbocycles. The van der Waals surface area contributed by atoms with E-state index in [1.54, 1.807) is 6.20 Å². The van der Waals surface area contributed by atoms with Crippen LogP contribution in [0.15, 0.2) is 34.9 Å². The van der Waals surface area contributed by atoms with Crippen molar-refractivity contribution in [3.8, 4) is 0 Å². The molecule has 4 rings (SSSR count). The Hall–Kier alpha value is -2.14. The number of rotatable bonds is 1. The molecule has 0 atom stereocenters. The van der Waals surface area contributed by atoms with Gasteiger partial charge >= 0.3 is 0 Å². The molecule has 0 radical (unpaired) electrons. The van der Waals surface area contributed by atoms with Crippen LogP contribution in [-0.2, 0) is 4.74 Å². The summed E-state index contributed by atoms with van der Waals surface area (Å²) in [5.74, 6) is 0.817. The molecule has 0 unspecified atom stereocenters. The van der Waals surface area contributed by atoms with E-state index in [0.29, 0.717) is 0 Å². The quantitative estimate of drug-likeness (QED) is 0.667. The van der Waals surface area contributed by atoms with E-state index >= 15 is 0 Å². The summed E-state index contributed by atoms with van der Waals surface area (Å²) in [7, 11) is 0. The Kier molecular flexibility index (Phi) is 2.38. The summed E-state index contributed by atoms with van der Waals surface area (Å²) in [4.78, 5) is 2.17. The minimum absolute atomic E-state index is 0.721. The van der Waals surface area contributed by atoms with Crippen LogP contribution in [0.5, 0.6) is 0 Å². The van der Waals surface area contributed by atoms with Crippen molar-refractivity contribution in [1.82, 2.24) is 10.2 Å². The number of morpholine rings is 1. The van der Waals surface area contributed by atoms with E-state index in [0.717, 1.165) is 54.1 Å². The fraction of sp³-hybridized carbons (Fsp3) is 0.286. The third-order valence-corrected chi connectivity index (χ3v) is 3.49. The Morgan fingerprint density at radius 1 is 1.05 bits per heavy atom. The Labute approximate surface area is 109 Å². The van der Waals surface area contributed by atoms with Crippen LogP contribution in [0, 0.1) is 0 Å². The zero-order valence-corrected chi connectivity index (χ0v) is 10.4. The number of benzene rings is 1. The van der Waals surface area contributed by atoms with E-state index in [4.69, 9.17) is 9.15 Å². The maximum absolute atomic E-state index is 5.95. The first-order chi connectivity index (χ1) is 9.43. The molecule has 5 nitrogen and oxygen atoms in total. The SMILES string of the molecule is c1ccc2c(c1)oc1c(N3CCOCC3)nncc12. The van der Waals surface area contributed by atoms with E-state index < -0.39 is 0 Å². The monoisotopic (exact) mass is 255 g/mol. The van der Waals surface area contributed by atoms with E-state index in [1.807, 2.05) is 24.3 Å². The van der Waals surface area contributed by atoms with Crippen LogP contribution in [0.2, 0.25) is 0 Å². The third kappa shape index (κ3) is 1.66. The van der Waals surface area contributed by atoms with Crippen LogP contribution in [-0.4, -0.2) is 36.5 Å². The van der Waals surface area contributed by atoms with E-state index in [-0.39, 0.29) is 0 Å². The van der Waals surface area contributed by atoms with E-state index in [9.17, 15) is 0 Å². The summed E-state index contributed by atoms with van der Waals surface area (Å²) in [6.45, 7) is 3.09. The Morgan fingerprint density at radius 2 is 1.89 bits per heavy atom. The number of furan rings is 1. The summed E-state index contributed by atoms with van der Waals surface area (Å²) in [6.07, 6.45) is 1.77. The second-order valence-electron chi connectivity index (χ2n) is 4.61. The lowest BCUT2D eigenvalue weighted by molar-refractivity contribution is 0.122. The number of hydrogen-bond donors (Lipinski definition) is 0. The normalized spacial score (nSPS) is 16.3. The molecular weight excluding hydrogens is 242 g/mol. The van der Waals surface area contributed by atoms with Crippen molar-refractivity contribution in [3.63, 3.8) is 0 Å². The van der Waals surface area contributed by atoms with Gasteiger partial charge in [0.2, 0.25) is 0 Å². The lowest BCUT2D eigenvalue weighted by Crippen LogP contribution is -2.36. The van der Waals surface area contributed by atoms with Crippen LogP contribution >= 0.6 is 0 Å². The largest absolute Gasteiger partial charge is 0.452 e. The van der Waals surface area contributed by atoms with Gasteiger partial charge in [-0.05, 0) is 6.07 Å². The van der Waals surface area contributed by atoms with Gasteiger partial charge in [0.15, 0.2) is 11.4 Å². The summed E-state index contributed by atoms with van der Waals surface area (Å²) < 4.78 is 11.3. The Balaban J connectivity index is 1.95. The van der Waals surface area contributed by atoms with Crippen molar-refractivity contribution in [2.24, 2.45) is 0 Å². The summed E-state index contributed by atoms with van der Waals surface area (Å²) in [5.41, 5.74) is 1.69. The molecule has 19 heavy (non-hydrogen) atoms. The first-order valence-electron chi connectivity index (χ1n) is 6.39. The number of para-hydroxylation sites is 1. The molecule has 3 aromatic rings. The summed E-state index contributed by atoms with van der Waals surface area (Å²) >= 11 is 0. The molecule has 5 heteroatoms. The highest BCUT2D eigenvalue weighted by Gasteiger charge is 2.19. The average Bonchev–Trinajstić information content (AvgIpc) is 2.87. The van der Waals surface area contributed by atoms with Crippen molar-refractivity contribution in [1.29, 1.82) is 0 Å². The van der Waals surface area contributed by atoms with Crippen LogP contribution in [0.3, 0.4) is 0 Å². The lowest BCUT2D eigenvalue weighted by Gasteiger charge is -2.27. The number of hydrogen-bond acceptors (Lipinski definition) is 5. The lowest BCUT2D eigenvalue weighted by atomic mass is 10.2. The maximum atomic E-state index is 5.95. The summed E-state index contributed by atoms with van der Waals surface area (Å²) in [5, 5.41) is 10.5. The van der Waals surface area contributed by atoms with Crippen LogP contribution in [0.1, 0.15) is 0 Å². The molecule has 0 spiro atoms. The maximum Gasteiger partial charge on any atom is 0.195 e. The molecular formula is C14H13N3O2. The second kappa shape index (κ2) is 4.20. The van der Waals surface area contributed by atoms with E-state index in [1.165, 1.54) is 0 Å². The topological polar surface area (TPSA) is 51.4 Å². The number of aromatic nitrogens is 2. The van der Waals surface area contributed by atoms with Gasteiger partial charge in [-0.2, -0.15) is 5.10 Å². The van der Waals surface area contributed by atoms with Gasteiger partial charge in [-0.15, -0.1) is 5.10 Å². The van der Waals surface area contributed by atoms with Gasteiger partial charge in [0.05, 0.1) is 24.8 Å². The van der Waals surface area contributed by atoms with Crippen LogP contribution in [0.4, 0.5) is 5.82 Å². The number of ether oxygens (including phenoxy) is 1. The van der Waals surface area contributed by atoms with Gasteiger partial charge in [-0.1, -0.05) is 18.2 Å². The second-order valence-corrected chi connectivity index (χ2v) is 4.61. The predicted octanol–water partition coefficient (Wildman–Crippen LogP) is 2.21. The van der Waals surface area contributed by atoms with Crippen LogP contribution < -0.4 is 4.90 Å². The molecule has 2 aromatic heterocycles. The fourth-order valence-corrected chi connectivity index (χ4v) is 2.53. The Morgan fingerprint density at radius 3 is 2.79 bits per heavy atom. The van der Waals surface area contributed by atoms with Crippen molar-refractivity contribution < 1.29 is 9.15 Å². The molecule has 0 N–H and O–H groups in total. The highest BCUT2D eigenvalue weighted by molar-refractivity contribution is 6.07. The molecule has 96 valence electrons. The smallest absolute Gasteiger partial charge is 0.195 e. The first kappa shape index (κ1) is 10.8. The number of fused-ring (bicyclic) bond motifs is 3. The molecule has 3 heterocycles. The number of anilines is 1. The van der Waals surface area contributed by atoms with Gasteiger partial charge in [-0.25, -0.2) is 0 Å². The molecule has 0 aliphatic carbocycles. The standard InChI is InChI=1S/C14H13N3O2/c1-2-4-12-10(3-1)11-9-15-16-14(13(11)19-12)17-5-7-18-8-6-17/h1-4,9H,5-8H2. The van der Waals surface area contributed by atoms with Gasteiger partial charge in [0.25, 0.3) is 0 Å². The molecule has 0 amide bonds. The minimum atomic E-state index is 0.721. The van der Waals surface area contributed by atoms with Gasteiger partial charge in [0, 0.05) is 18.5 Å². The van der Waals surface area contributed by atoms with Crippen molar-refractivity contribution in [2.45, 2.75) is 0 Å². The van der Waals surface area contributed by atoms with Crippen molar-refractivity contribution in [2.75, 3.05) is 31.2 Å². The molecule has 1 saturated heterocycles. The van der Waals surface area contributed by atoms with Gasteiger partial charge < -0.3 is 14.1 Å². The summed E-state index contributed by atoms with van der Waals surface area (Å²) in [6, 6.07) is 8.00. The number of nitrogens with zero attached hydrogens (tertiary/aromatic N) is 3. The minimum Gasteiger partial charge on any atom is -0.452 e. The van der Waals surface area contributed by atoms with Crippen LogP contribution in [0.25, 0.3) is 21.9 Å². The third-order valence-electron chi connectivity index (χ3n) is 3.49. The highest BCUT2D eigenvalue weighted by atomic mass is 16.5. The van der Waals surface area contributed by atoms with Gasteiger partial charge in [0.1, 0.15) is 5.58 Å². The fourth-order valence-electron chi connectivity index (χ4n) is 2.53. The first-order valence-corrected chi connectivity index (χ1v) is 6.39. The van der Waals surface area contributed by atoms with Crippen molar-refractivity contribution in [3.05, 3.63) is 30.5 Å². The van der Waals surface area contributed by atoms with E-state index in [2.05, 4.69) is 15.1 Å². The molecule has 0 bridgehead atoms. The zero-order valence-electron chi connectivity index (χ0n) is 10.4. The molecule has 1 aliphatic rings. The average molecular weight is 255 g/mol. The molecule has 0 saturated carbocycles.